The fourth-order valence-electron chi connectivity index (χ4n) is 2.38. The van der Waals surface area contributed by atoms with Crippen molar-refractivity contribution in [3.05, 3.63) is 22.7 Å². The van der Waals surface area contributed by atoms with Gasteiger partial charge in [-0.25, -0.2) is 4.98 Å². The molecule has 1 fully saturated rings. The van der Waals surface area contributed by atoms with Crippen LogP contribution >= 0.6 is 27.3 Å². The van der Waals surface area contributed by atoms with Crippen molar-refractivity contribution in [3.63, 3.8) is 0 Å². The van der Waals surface area contributed by atoms with E-state index in [1.165, 1.54) is 6.42 Å². The van der Waals surface area contributed by atoms with E-state index in [9.17, 15) is 4.79 Å². The van der Waals surface area contributed by atoms with Gasteiger partial charge in [-0.3, -0.25) is 4.79 Å². The van der Waals surface area contributed by atoms with Crippen molar-refractivity contribution in [3.8, 4) is 0 Å². The van der Waals surface area contributed by atoms with E-state index in [-0.39, 0.29) is 5.91 Å². The number of piperidine rings is 1. The molecule has 1 aromatic heterocycles. The molecule has 0 unspecified atom stereocenters. The molecule has 4 nitrogen and oxygen atoms in total. The number of nitrogens with one attached hydrogen (secondary N) is 1. The van der Waals surface area contributed by atoms with Crippen molar-refractivity contribution < 1.29 is 4.79 Å². The van der Waals surface area contributed by atoms with Gasteiger partial charge < -0.3 is 10.2 Å². The van der Waals surface area contributed by atoms with Gasteiger partial charge in [0.15, 0.2) is 5.13 Å². The monoisotopic (exact) mass is 353 g/mol. The zero-order chi connectivity index (χ0) is 13.9. The first-order chi connectivity index (χ1) is 9.72. The standard InChI is InChI=1S/C14H16BrN3OS/c15-10-4-5-12-11(8-10)17-14(20-12)16-9-13(19)18-6-2-1-3-7-18/h4-5,8H,1-3,6-7,9H2,(H,16,17). The van der Waals surface area contributed by atoms with E-state index in [0.29, 0.717) is 6.54 Å². The molecule has 1 saturated heterocycles. The van der Waals surface area contributed by atoms with E-state index < -0.39 is 0 Å². The molecule has 1 N–H and O–H groups in total. The minimum absolute atomic E-state index is 0.171. The Morgan fingerprint density at radius 2 is 2.15 bits per heavy atom. The van der Waals surface area contributed by atoms with Crippen LogP contribution in [0.3, 0.4) is 0 Å². The topological polar surface area (TPSA) is 45.2 Å². The Balaban J connectivity index is 1.63. The highest BCUT2D eigenvalue weighted by Gasteiger charge is 2.16. The van der Waals surface area contributed by atoms with Crippen LogP contribution in [0.4, 0.5) is 5.13 Å². The van der Waals surface area contributed by atoms with E-state index in [1.54, 1.807) is 11.3 Å². The molecule has 0 spiro atoms. The van der Waals surface area contributed by atoms with E-state index >= 15 is 0 Å². The van der Waals surface area contributed by atoms with Crippen LogP contribution in [0.5, 0.6) is 0 Å². The fraction of sp³-hybridized carbons (Fsp3) is 0.429. The highest BCUT2D eigenvalue weighted by Crippen LogP contribution is 2.28. The molecule has 1 aromatic carbocycles. The summed E-state index contributed by atoms with van der Waals surface area (Å²) in [6.45, 7) is 2.13. The second-order valence-corrected chi connectivity index (χ2v) is 6.87. The van der Waals surface area contributed by atoms with Crippen LogP contribution in [-0.4, -0.2) is 35.4 Å². The number of aromatic nitrogens is 1. The van der Waals surface area contributed by atoms with Crippen LogP contribution in [0.2, 0.25) is 0 Å². The minimum Gasteiger partial charge on any atom is -0.352 e. The van der Waals surface area contributed by atoms with Gasteiger partial charge >= 0.3 is 0 Å². The Hall–Kier alpha value is -1.14. The lowest BCUT2D eigenvalue weighted by Crippen LogP contribution is -2.39. The number of halogens is 1. The summed E-state index contributed by atoms with van der Waals surface area (Å²) in [5.41, 5.74) is 0.956. The third-order valence-electron chi connectivity index (χ3n) is 3.45. The molecule has 3 rings (SSSR count). The number of hydrogen-bond acceptors (Lipinski definition) is 4. The lowest BCUT2D eigenvalue weighted by molar-refractivity contribution is -0.130. The molecule has 2 heterocycles. The van der Waals surface area contributed by atoms with Crippen LogP contribution in [-0.2, 0) is 4.79 Å². The molecule has 1 aliphatic rings. The Labute approximate surface area is 130 Å². The van der Waals surface area contributed by atoms with Crippen LogP contribution < -0.4 is 5.32 Å². The molecular formula is C14H16BrN3OS. The Bertz CT molecular complexity index is 622. The van der Waals surface area contributed by atoms with Gasteiger partial charge in [0.2, 0.25) is 5.91 Å². The molecule has 0 radical (unpaired) electrons. The maximum Gasteiger partial charge on any atom is 0.241 e. The molecule has 6 heteroatoms. The van der Waals surface area contributed by atoms with E-state index in [0.717, 1.165) is 45.8 Å². The van der Waals surface area contributed by atoms with Crippen molar-refractivity contribution in [1.29, 1.82) is 0 Å². The first-order valence-corrected chi connectivity index (χ1v) is 8.41. The largest absolute Gasteiger partial charge is 0.352 e. The van der Waals surface area contributed by atoms with Gasteiger partial charge in [0.1, 0.15) is 0 Å². The Morgan fingerprint density at radius 1 is 1.35 bits per heavy atom. The number of amides is 1. The number of anilines is 1. The first kappa shape index (κ1) is 13.8. The SMILES string of the molecule is O=C(CNc1nc2cc(Br)ccc2s1)N1CCCCC1. The summed E-state index contributed by atoms with van der Waals surface area (Å²) in [6.07, 6.45) is 3.49. The van der Waals surface area contributed by atoms with Crippen molar-refractivity contribution >= 4 is 48.5 Å². The summed E-state index contributed by atoms with van der Waals surface area (Å²) < 4.78 is 2.15. The maximum atomic E-state index is 12.1. The van der Waals surface area contributed by atoms with Gasteiger partial charge in [0, 0.05) is 17.6 Å². The van der Waals surface area contributed by atoms with Crippen molar-refractivity contribution in [2.24, 2.45) is 0 Å². The average molecular weight is 354 g/mol. The number of benzene rings is 1. The van der Waals surface area contributed by atoms with E-state index in [2.05, 4.69) is 26.2 Å². The van der Waals surface area contributed by atoms with Crippen LogP contribution in [0.1, 0.15) is 19.3 Å². The molecular weight excluding hydrogens is 338 g/mol. The highest BCUT2D eigenvalue weighted by molar-refractivity contribution is 9.10. The van der Waals surface area contributed by atoms with Crippen LogP contribution in [0, 0.1) is 0 Å². The van der Waals surface area contributed by atoms with E-state index in [1.807, 2.05) is 23.1 Å². The number of nitrogens with zero attached hydrogens (tertiary/aromatic N) is 2. The molecule has 2 aromatic rings. The lowest BCUT2D eigenvalue weighted by Gasteiger charge is -2.26. The molecule has 0 aliphatic carbocycles. The number of carbonyl (C=O) groups excluding carboxylic acids is 1. The predicted octanol–water partition coefficient (Wildman–Crippen LogP) is 3.48. The number of carbonyl (C=O) groups is 1. The van der Waals surface area contributed by atoms with Crippen LogP contribution in [0.15, 0.2) is 22.7 Å². The Kier molecular flexibility index (Phi) is 4.21. The summed E-state index contributed by atoms with van der Waals surface area (Å²) >= 11 is 5.02. The molecule has 0 atom stereocenters. The summed E-state index contributed by atoms with van der Waals surface area (Å²) in [5.74, 6) is 0.171. The molecule has 20 heavy (non-hydrogen) atoms. The predicted molar refractivity (Wildman–Crippen MR) is 86.2 cm³/mol. The number of fused-ring (bicyclic) bond motifs is 1. The van der Waals surface area contributed by atoms with Crippen molar-refractivity contribution in [2.45, 2.75) is 19.3 Å². The summed E-state index contributed by atoms with van der Waals surface area (Å²) in [4.78, 5) is 18.5. The summed E-state index contributed by atoms with van der Waals surface area (Å²) in [6, 6.07) is 6.03. The molecule has 0 saturated carbocycles. The molecule has 1 amide bonds. The first-order valence-electron chi connectivity index (χ1n) is 6.80. The third kappa shape index (κ3) is 3.12. The van der Waals surface area contributed by atoms with Crippen molar-refractivity contribution in [2.75, 3.05) is 25.0 Å². The van der Waals surface area contributed by atoms with Gasteiger partial charge in [0.25, 0.3) is 0 Å². The maximum absolute atomic E-state index is 12.1. The third-order valence-corrected chi connectivity index (χ3v) is 4.94. The zero-order valence-corrected chi connectivity index (χ0v) is 13.5. The van der Waals surface area contributed by atoms with Gasteiger partial charge in [-0.15, -0.1) is 0 Å². The minimum atomic E-state index is 0.171. The Morgan fingerprint density at radius 3 is 2.95 bits per heavy atom. The van der Waals surface area contributed by atoms with Crippen molar-refractivity contribution in [1.82, 2.24) is 9.88 Å². The summed E-state index contributed by atoms with van der Waals surface area (Å²) in [7, 11) is 0. The van der Waals surface area contributed by atoms with Gasteiger partial charge in [-0.2, -0.15) is 0 Å². The number of thiazole rings is 1. The van der Waals surface area contributed by atoms with Crippen LogP contribution in [0.25, 0.3) is 10.2 Å². The van der Waals surface area contributed by atoms with Gasteiger partial charge in [0.05, 0.1) is 16.8 Å². The van der Waals surface area contributed by atoms with Gasteiger partial charge in [-0.05, 0) is 37.5 Å². The number of rotatable bonds is 3. The molecule has 1 aliphatic heterocycles. The fourth-order valence-corrected chi connectivity index (χ4v) is 3.57. The van der Waals surface area contributed by atoms with E-state index in [4.69, 9.17) is 0 Å². The second-order valence-electron chi connectivity index (χ2n) is 4.93. The average Bonchev–Trinajstić information content (AvgIpc) is 2.87. The zero-order valence-electron chi connectivity index (χ0n) is 11.1. The molecule has 0 bridgehead atoms. The summed E-state index contributed by atoms with van der Waals surface area (Å²) in [5, 5.41) is 3.96. The number of hydrogen-bond donors (Lipinski definition) is 1. The number of likely N-dealkylation sites (tertiary alicyclic amines) is 1. The molecule has 106 valence electrons. The normalized spacial score (nSPS) is 15.6. The lowest BCUT2D eigenvalue weighted by atomic mass is 10.1. The quantitative estimate of drug-likeness (QED) is 0.918. The smallest absolute Gasteiger partial charge is 0.241 e. The van der Waals surface area contributed by atoms with Gasteiger partial charge in [-0.1, -0.05) is 27.3 Å². The second kappa shape index (κ2) is 6.10. The highest BCUT2D eigenvalue weighted by atomic mass is 79.9.